The number of carbonyl (C=O) groups is 2. The van der Waals surface area contributed by atoms with Crippen molar-refractivity contribution in [3.05, 3.63) is 34.9 Å². The Balaban J connectivity index is 1.73. The Kier molecular flexibility index (Phi) is 5.38. The molecule has 1 saturated heterocycles. The van der Waals surface area contributed by atoms with E-state index in [1.54, 1.807) is 18.2 Å². The van der Waals surface area contributed by atoms with E-state index in [0.717, 1.165) is 25.7 Å². The van der Waals surface area contributed by atoms with Crippen LogP contribution in [0.3, 0.4) is 0 Å². The minimum absolute atomic E-state index is 0.102. The molecule has 6 nitrogen and oxygen atoms in total. The maximum absolute atomic E-state index is 12.7. The molecule has 1 aromatic rings. The summed E-state index contributed by atoms with van der Waals surface area (Å²) in [5, 5.41) is 6.34. The van der Waals surface area contributed by atoms with Gasteiger partial charge in [0.15, 0.2) is 6.10 Å². The molecule has 1 aliphatic heterocycles. The number of halogens is 1. The molecule has 1 aliphatic carbocycles. The van der Waals surface area contributed by atoms with Crippen molar-refractivity contribution in [3.63, 3.8) is 0 Å². The summed E-state index contributed by atoms with van der Waals surface area (Å²) in [6, 6.07) is 6.88. The van der Waals surface area contributed by atoms with Crippen LogP contribution in [-0.4, -0.2) is 36.6 Å². The number of nitrogens with two attached hydrogens (primary N) is 1. The van der Waals surface area contributed by atoms with E-state index >= 15 is 0 Å². The number of ether oxygens (including phenoxy) is 1. The van der Waals surface area contributed by atoms with Gasteiger partial charge in [0.25, 0.3) is 5.91 Å². The predicted molar refractivity (Wildman–Crippen MR) is 90.4 cm³/mol. The molecule has 1 saturated carbocycles. The van der Waals surface area contributed by atoms with Gasteiger partial charge in [0.05, 0.1) is 6.04 Å². The van der Waals surface area contributed by atoms with Crippen LogP contribution in [-0.2, 0) is 14.3 Å². The maximum atomic E-state index is 12.7. The van der Waals surface area contributed by atoms with Crippen LogP contribution in [0.2, 0.25) is 5.02 Å². The Hall–Kier alpha value is -1.63. The Labute approximate surface area is 146 Å². The molecule has 24 heavy (non-hydrogen) atoms. The van der Waals surface area contributed by atoms with E-state index in [1.807, 2.05) is 6.07 Å². The lowest BCUT2D eigenvalue weighted by atomic mass is 9.91. The van der Waals surface area contributed by atoms with Crippen LogP contribution in [0.25, 0.3) is 0 Å². The third-order valence-electron chi connectivity index (χ3n) is 4.63. The van der Waals surface area contributed by atoms with Gasteiger partial charge in [0, 0.05) is 17.1 Å². The highest BCUT2D eigenvalue weighted by atomic mass is 35.5. The number of rotatable bonds is 3. The van der Waals surface area contributed by atoms with Gasteiger partial charge in [-0.3, -0.25) is 9.59 Å². The normalized spacial score (nSPS) is 30.5. The molecule has 0 aromatic heterocycles. The highest BCUT2D eigenvalue weighted by Gasteiger charge is 2.38. The summed E-state index contributed by atoms with van der Waals surface area (Å²) in [6.45, 7) is -0.130. The Morgan fingerprint density at radius 2 is 1.96 bits per heavy atom. The van der Waals surface area contributed by atoms with Gasteiger partial charge in [-0.25, -0.2) is 0 Å². The van der Waals surface area contributed by atoms with E-state index in [2.05, 4.69) is 10.6 Å². The molecule has 1 heterocycles. The average molecular weight is 352 g/mol. The van der Waals surface area contributed by atoms with Gasteiger partial charge in [-0.05, 0) is 37.3 Å². The number of morpholine rings is 1. The van der Waals surface area contributed by atoms with Gasteiger partial charge in [-0.1, -0.05) is 29.8 Å². The fraction of sp³-hybridized carbons (Fsp3) is 0.529. The Morgan fingerprint density at radius 3 is 2.67 bits per heavy atom. The molecule has 3 rings (SSSR count). The minimum atomic E-state index is -0.793. The summed E-state index contributed by atoms with van der Waals surface area (Å²) in [5.74, 6) is -0.479. The highest BCUT2D eigenvalue weighted by molar-refractivity contribution is 6.31. The third-order valence-corrected chi connectivity index (χ3v) is 4.97. The lowest BCUT2D eigenvalue weighted by Crippen LogP contribution is -2.54. The van der Waals surface area contributed by atoms with Crippen molar-refractivity contribution in [2.24, 2.45) is 5.73 Å². The summed E-state index contributed by atoms with van der Waals surface area (Å²) >= 11 is 6.23. The molecule has 0 spiro atoms. The van der Waals surface area contributed by atoms with Crippen LogP contribution in [0.15, 0.2) is 24.3 Å². The smallest absolute Gasteiger partial charge is 0.251 e. The summed E-state index contributed by atoms with van der Waals surface area (Å²) in [5.41, 5.74) is 6.58. The zero-order valence-corrected chi connectivity index (χ0v) is 14.1. The molecule has 0 unspecified atom stereocenters. The third kappa shape index (κ3) is 3.88. The first-order valence-corrected chi connectivity index (χ1v) is 8.63. The maximum Gasteiger partial charge on any atom is 0.251 e. The van der Waals surface area contributed by atoms with Crippen LogP contribution in [0, 0.1) is 0 Å². The lowest BCUT2D eigenvalue weighted by Gasteiger charge is -2.34. The van der Waals surface area contributed by atoms with E-state index in [4.69, 9.17) is 22.1 Å². The van der Waals surface area contributed by atoms with Crippen LogP contribution >= 0.6 is 11.6 Å². The first kappa shape index (κ1) is 17.2. The van der Waals surface area contributed by atoms with Gasteiger partial charge in [-0.2, -0.15) is 0 Å². The van der Waals surface area contributed by atoms with Crippen molar-refractivity contribution < 1.29 is 14.3 Å². The van der Waals surface area contributed by atoms with Crippen LogP contribution in [0.5, 0.6) is 0 Å². The average Bonchev–Trinajstić information content (AvgIpc) is 2.57. The lowest BCUT2D eigenvalue weighted by molar-refractivity contribution is -0.148. The summed E-state index contributed by atoms with van der Waals surface area (Å²) in [4.78, 5) is 24.4. The number of carbonyl (C=O) groups excluding carboxylic acids is 2. The second-order valence-electron chi connectivity index (χ2n) is 6.42. The zero-order chi connectivity index (χ0) is 17.1. The van der Waals surface area contributed by atoms with Gasteiger partial charge in [0.1, 0.15) is 6.61 Å². The van der Waals surface area contributed by atoms with Crippen LogP contribution < -0.4 is 16.4 Å². The van der Waals surface area contributed by atoms with E-state index in [9.17, 15) is 9.59 Å². The topological polar surface area (TPSA) is 93.4 Å². The summed E-state index contributed by atoms with van der Waals surface area (Å²) in [7, 11) is 0. The molecule has 2 amide bonds. The standard InChI is InChI=1S/C17H22ClN3O3/c18-13-4-2-1-3-12(13)15-16(24-9-14(22)21-15)17(23)20-11-7-5-10(19)6-8-11/h1-4,10-11,15-16H,5-9,19H2,(H,20,23)(H,21,22)/t10?,11?,15-,16+/m1/s1. The van der Waals surface area contributed by atoms with Crippen molar-refractivity contribution in [3.8, 4) is 0 Å². The van der Waals surface area contributed by atoms with Gasteiger partial charge in [-0.15, -0.1) is 0 Å². The molecular formula is C17H22ClN3O3. The molecule has 2 atom stereocenters. The zero-order valence-electron chi connectivity index (χ0n) is 13.3. The highest BCUT2D eigenvalue weighted by Crippen LogP contribution is 2.29. The molecule has 4 N–H and O–H groups in total. The van der Waals surface area contributed by atoms with Crippen molar-refractivity contribution in [1.29, 1.82) is 0 Å². The summed E-state index contributed by atoms with van der Waals surface area (Å²) in [6.07, 6.45) is 2.74. The quantitative estimate of drug-likeness (QED) is 0.764. The molecule has 0 radical (unpaired) electrons. The molecule has 130 valence electrons. The van der Waals surface area contributed by atoms with Crippen molar-refractivity contribution in [2.45, 2.75) is 49.9 Å². The fourth-order valence-corrected chi connectivity index (χ4v) is 3.55. The number of nitrogens with one attached hydrogen (secondary N) is 2. The molecule has 0 bridgehead atoms. The van der Waals surface area contributed by atoms with Crippen LogP contribution in [0.1, 0.15) is 37.3 Å². The monoisotopic (exact) mass is 351 g/mol. The van der Waals surface area contributed by atoms with Crippen LogP contribution in [0.4, 0.5) is 0 Å². The summed E-state index contributed by atoms with van der Waals surface area (Å²) < 4.78 is 5.53. The first-order valence-electron chi connectivity index (χ1n) is 8.26. The first-order chi connectivity index (χ1) is 11.5. The molecule has 7 heteroatoms. The molecule has 1 aromatic carbocycles. The Morgan fingerprint density at radius 1 is 1.25 bits per heavy atom. The largest absolute Gasteiger partial charge is 0.356 e. The van der Waals surface area contributed by atoms with E-state index in [-0.39, 0.29) is 30.5 Å². The van der Waals surface area contributed by atoms with E-state index < -0.39 is 12.1 Å². The predicted octanol–water partition coefficient (Wildman–Crippen LogP) is 1.28. The second kappa shape index (κ2) is 7.51. The van der Waals surface area contributed by atoms with Crippen molar-refractivity contribution in [1.82, 2.24) is 10.6 Å². The van der Waals surface area contributed by atoms with E-state index in [0.29, 0.717) is 10.6 Å². The minimum Gasteiger partial charge on any atom is -0.356 e. The van der Waals surface area contributed by atoms with Gasteiger partial charge in [0.2, 0.25) is 5.91 Å². The van der Waals surface area contributed by atoms with Crippen molar-refractivity contribution >= 4 is 23.4 Å². The number of benzene rings is 1. The molecule has 2 aliphatic rings. The van der Waals surface area contributed by atoms with Crippen molar-refractivity contribution in [2.75, 3.05) is 6.61 Å². The number of amides is 2. The molecular weight excluding hydrogens is 330 g/mol. The number of hydrogen-bond acceptors (Lipinski definition) is 4. The fourth-order valence-electron chi connectivity index (χ4n) is 3.29. The number of hydrogen-bond donors (Lipinski definition) is 3. The van der Waals surface area contributed by atoms with E-state index in [1.165, 1.54) is 0 Å². The second-order valence-corrected chi connectivity index (χ2v) is 6.83. The Bertz CT molecular complexity index is 617. The van der Waals surface area contributed by atoms with Gasteiger partial charge < -0.3 is 21.1 Å². The SMILES string of the molecule is NC1CCC(NC(=O)[C@H]2OCC(=O)N[C@@H]2c2ccccc2Cl)CC1. The molecule has 2 fully saturated rings. The van der Waals surface area contributed by atoms with Gasteiger partial charge >= 0.3 is 0 Å².